The summed E-state index contributed by atoms with van der Waals surface area (Å²) in [5.74, 6) is -0.646. The largest absolute Gasteiger partial charge is 0.342 e. The summed E-state index contributed by atoms with van der Waals surface area (Å²) in [6, 6.07) is 12.6. The maximum Gasteiger partial charge on any atom is 0.272 e. The lowest BCUT2D eigenvalue weighted by atomic mass is 9.67. The summed E-state index contributed by atoms with van der Waals surface area (Å²) in [7, 11) is 0. The summed E-state index contributed by atoms with van der Waals surface area (Å²) < 4.78 is 0. The van der Waals surface area contributed by atoms with Gasteiger partial charge in [0.2, 0.25) is 5.91 Å². The van der Waals surface area contributed by atoms with E-state index in [2.05, 4.69) is 4.98 Å². The fourth-order valence-electron chi connectivity index (χ4n) is 5.68. The van der Waals surface area contributed by atoms with Gasteiger partial charge in [0.15, 0.2) is 0 Å². The van der Waals surface area contributed by atoms with E-state index in [-0.39, 0.29) is 23.8 Å². The maximum atomic E-state index is 13.9. The van der Waals surface area contributed by atoms with Gasteiger partial charge in [-0.2, -0.15) is 0 Å². The lowest BCUT2D eigenvalue weighted by Gasteiger charge is -2.62. The van der Waals surface area contributed by atoms with Gasteiger partial charge in [-0.3, -0.25) is 19.4 Å². The number of fused-ring (bicyclic) bond motifs is 1. The summed E-state index contributed by atoms with van der Waals surface area (Å²) in [5.41, 5.74) is 1.02. The number of pyridine rings is 1. The number of benzene rings is 1. The van der Waals surface area contributed by atoms with Crippen molar-refractivity contribution in [1.82, 2.24) is 19.7 Å². The summed E-state index contributed by atoms with van der Waals surface area (Å²) >= 11 is 0. The second kappa shape index (κ2) is 7.73. The Morgan fingerprint density at radius 1 is 1.00 bits per heavy atom. The van der Waals surface area contributed by atoms with Gasteiger partial charge in [-0.05, 0) is 50.5 Å². The number of likely N-dealkylation sites (tertiary alicyclic amines) is 2. The molecule has 4 heterocycles. The highest BCUT2D eigenvalue weighted by Crippen LogP contribution is 2.48. The molecule has 0 saturated carbocycles. The van der Waals surface area contributed by atoms with Gasteiger partial charge in [0.25, 0.3) is 11.8 Å². The Hall–Kier alpha value is -3.22. The molecule has 2 saturated heterocycles. The van der Waals surface area contributed by atoms with Crippen LogP contribution in [-0.2, 0) is 4.79 Å². The van der Waals surface area contributed by atoms with E-state index in [1.165, 1.54) is 0 Å². The zero-order valence-corrected chi connectivity index (χ0v) is 18.5. The molecule has 1 atom stereocenters. The Morgan fingerprint density at radius 2 is 1.69 bits per heavy atom. The topological polar surface area (TPSA) is 73.8 Å². The van der Waals surface area contributed by atoms with Gasteiger partial charge in [-0.1, -0.05) is 24.3 Å². The minimum absolute atomic E-state index is 0.0639. The van der Waals surface area contributed by atoms with Crippen LogP contribution in [0.4, 0.5) is 0 Å². The molecule has 7 heteroatoms. The van der Waals surface area contributed by atoms with Gasteiger partial charge in [0.05, 0.1) is 11.5 Å². The first-order valence-electron chi connectivity index (χ1n) is 11.4. The second-order valence-corrected chi connectivity index (χ2v) is 9.30. The van der Waals surface area contributed by atoms with E-state index in [1.54, 1.807) is 29.3 Å². The number of nitrogens with zero attached hydrogens (tertiary/aromatic N) is 4. The molecule has 1 aromatic carbocycles. The molecule has 3 amide bonds. The van der Waals surface area contributed by atoms with Gasteiger partial charge in [0, 0.05) is 44.0 Å². The SMILES string of the molecule is CC(C)N1C(=O)c2ccccc2C(C(=O)N2CCCC2)C12CN(C(=O)c1ccccn1)C2. The molecule has 166 valence electrons. The molecule has 5 rings (SSSR count). The first kappa shape index (κ1) is 20.7. The second-order valence-electron chi connectivity index (χ2n) is 9.30. The van der Waals surface area contributed by atoms with E-state index < -0.39 is 11.5 Å². The van der Waals surface area contributed by atoms with Crippen LogP contribution in [0.15, 0.2) is 48.7 Å². The van der Waals surface area contributed by atoms with Crippen LogP contribution in [0.5, 0.6) is 0 Å². The summed E-state index contributed by atoms with van der Waals surface area (Å²) in [6.07, 6.45) is 3.61. The highest BCUT2D eigenvalue weighted by molar-refractivity contribution is 6.03. The van der Waals surface area contributed by atoms with Crippen molar-refractivity contribution in [2.75, 3.05) is 26.2 Å². The lowest BCUT2D eigenvalue weighted by molar-refractivity contribution is -0.141. The van der Waals surface area contributed by atoms with Crippen molar-refractivity contribution in [3.05, 3.63) is 65.5 Å². The molecule has 2 aromatic rings. The number of hydrogen-bond donors (Lipinski definition) is 0. The molecule has 7 nitrogen and oxygen atoms in total. The molecule has 0 bridgehead atoms. The number of carbonyl (C=O) groups is 3. The van der Waals surface area contributed by atoms with Crippen LogP contribution in [0.25, 0.3) is 0 Å². The minimum Gasteiger partial charge on any atom is -0.342 e. The number of amides is 3. The summed E-state index contributed by atoms with van der Waals surface area (Å²) in [5, 5.41) is 0. The van der Waals surface area contributed by atoms with Gasteiger partial charge < -0.3 is 14.7 Å². The van der Waals surface area contributed by atoms with Gasteiger partial charge >= 0.3 is 0 Å². The Labute approximate surface area is 188 Å². The van der Waals surface area contributed by atoms with E-state index in [0.29, 0.717) is 24.3 Å². The average molecular weight is 433 g/mol. The van der Waals surface area contributed by atoms with Crippen LogP contribution >= 0.6 is 0 Å². The van der Waals surface area contributed by atoms with Crippen molar-refractivity contribution in [3.63, 3.8) is 0 Å². The van der Waals surface area contributed by atoms with Crippen molar-refractivity contribution in [2.45, 2.75) is 44.2 Å². The summed E-state index contributed by atoms with van der Waals surface area (Å²) in [4.78, 5) is 50.2. The van der Waals surface area contributed by atoms with E-state index in [9.17, 15) is 14.4 Å². The highest BCUT2D eigenvalue weighted by Gasteiger charge is 2.62. The van der Waals surface area contributed by atoms with E-state index in [0.717, 1.165) is 31.5 Å². The number of rotatable bonds is 3. The van der Waals surface area contributed by atoms with Crippen LogP contribution < -0.4 is 0 Å². The van der Waals surface area contributed by atoms with Crippen molar-refractivity contribution < 1.29 is 14.4 Å². The first-order chi connectivity index (χ1) is 15.4. The average Bonchev–Trinajstić information content (AvgIpc) is 3.32. The molecule has 32 heavy (non-hydrogen) atoms. The Kier molecular flexibility index (Phi) is 4.99. The van der Waals surface area contributed by atoms with Crippen LogP contribution in [0, 0.1) is 0 Å². The molecule has 1 aromatic heterocycles. The van der Waals surface area contributed by atoms with Crippen LogP contribution in [0.1, 0.15) is 59.0 Å². The third-order valence-electron chi connectivity index (χ3n) is 7.02. The first-order valence-corrected chi connectivity index (χ1v) is 11.4. The molecule has 1 unspecified atom stereocenters. The smallest absolute Gasteiger partial charge is 0.272 e. The molecule has 3 aliphatic heterocycles. The van der Waals surface area contributed by atoms with E-state index in [1.807, 2.05) is 47.9 Å². The third-order valence-corrected chi connectivity index (χ3v) is 7.02. The molecule has 3 aliphatic rings. The van der Waals surface area contributed by atoms with Crippen molar-refractivity contribution in [2.24, 2.45) is 0 Å². The zero-order chi connectivity index (χ0) is 22.5. The maximum absolute atomic E-state index is 13.9. The van der Waals surface area contributed by atoms with Gasteiger partial charge in [-0.15, -0.1) is 0 Å². The van der Waals surface area contributed by atoms with Crippen molar-refractivity contribution in [3.8, 4) is 0 Å². The molecule has 0 aliphatic carbocycles. The predicted molar refractivity (Wildman–Crippen MR) is 119 cm³/mol. The van der Waals surface area contributed by atoms with Gasteiger partial charge in [0.1, 0.15) is 5.69 Å². The Bertz CT molecular complexity index is 1060. The minimum atomic E-state index is -0.746. The molecular weight excluding hydrogens is 404 g/mol. The van der Waals surface area contributed by atoms with Crippen LogP contribution in [0.2, 0.25) is 0 Å². The number of aromatic nitrogens is 1. The zero-order valence-electron chi connectivity index (χ0n) is 18.5. The predicted octanol–water partition coefficient (Wildman–Crippen LogP) is 2.55. The Morgan fingerprint density at radius 3 is 2.34 bits per heavy atom. The van der Waals surface area contributed by atoms with Crippen molar-refractivity contribution in [1.29, 1.82) is 0 Å². The quantitative estimate of drug-likeness (QED) is 0.747. The van der Waals surface area contributed by atoms with Crippen LogP contribution in [0.3, 0.4) is 0 Å². The fourth-order valence-corrected chi connectivity index (χ4v) is 5.68. The van der Waals surface area contributed by atoms with E-state index >= 15 is 0 Å². The van der Waals surface area contributed by atoms with Crippen LogP contribution in [-0.4, -0.2) is 75.2 Å². The highest BCUT2D eigenvalue weighted by atomic mass is 16.2. The molecule has 0 radical (unpaired) electrons. The molecule has 0 N–H and O–H groups in total. The third kappa shape index (κ3) is 3.02. The number of hydrogen-bond acceptors (Lipinski definition) is 4. The monoisotopic (exact) mass is 432 g/mol. The summed E-state index contributed by atoms with van der Waals surface area (Å²) in [6.45, 7) is 6.11. The molecular formula is C25H28N4O3. The lowest BCUT2D eigenvalue weighted by Crippen LogP contribution is -2.78. The van der Waals surface area contributed by atoms with Crippen molar-refractivity contribution >= 4 is 17.7 Å². The molecule has 1 spiro atoms. The Balaban J connectivity index is 1.57. The van der Waals surface area contributed by atoms with Gasteiger partial charge in [-0.25, -0.2) is 0 Å². The van der Waals surface area contributed by atoms with E-state index in [4.69, 9.17) is 0 Å². The standard InChI is InChI=1S/C25H28N4O3/c1-17(2)29-22(30)19-10-4-3-9-18(19)21(24(32)27-13-7-8-14-27)25(29)15-28(16-25)23(31)20-11-5-6-12-26-20/h3-6,9-12,17,21H,7-8,13-16H2,1-2H3. The fraction of sp³-hybridized carbons (Fsp3) is 0.440. The molecule has 2 fully saturated rings. The normalized spacial score (nSPS) is 21.7. The number of carbonyl (C=O) groups excluding carboxylic acids is 3.